The number of benzene rings is 1. The van der Waals surface area contributed by atoms with E-state index in [2.05, 4.69) is 20.5 Å². The van der Waals surface area contributed by atoms with Crippen LogP contribution in [0.15, 0.2) is 42.6 Å². The summed E-state index contributed by atoms with van der Waals surface area (Å²) in [6, 6.07) is 11.0. The first-order chi connectivity index (χ1) is 12.7. The zero-order valence-corrected chi connectivity index (χ0v) is 15.3. The molecule has 3 rings (SSSR count). The van der Waals surface area contributed by atoms with Gasteiger partial charge >= 0.3 is 0 Å². The fraction of sp³-hybridized carbons (Fsp3) is 0.368. The number of morpholine rings is 1. The SMILES string of the molecule is O=C(Cc1ccc(Cl)cc1)Nc1ccc(NCCN2CCOCC2)nc1. The number of halogens is 1. The van der Waals surface area contributed by atoms with E-state index in [0.717, 1.165) is 50.8 Å². The van der Waals surface area contributed by atoms with Crippen molar-refractivity contribution in [3.63, 3.8) is 0 Å². The van der Waals surface area contributed by atoms with Gasteiger partial charge in [-0.25, -0.2) is 4.98 Å². The van der Waals surface area contributed by atoms with Crippen LogP contribution in [0, 0.1) is 0 Å². The van der Waals surface area contributed by atoms with Gasteiger partial charge in [0.15, 0.2) is 0 Å². The number of hydrogen-bond acceptors (Lipinski definition) is 5. The van der Waals surface area contributed by atoms with E-state index < -0.39 is 0 Å². The van der Waals surface area contributed by atoms with Gasteiger partial charge in [0, 0.05) is 31.2 Å². The van der Waals surface area contributed by atoms with Crippen LogP contribution in [0.4, 0.5) is 11.5 Å². The number of carbonyl (C=O) groups excluding carboxylic acids is 1. The van der Waals surface area contributed by atoms with E-state index in [4.69, 9.17) is 16.3 Å². The largest absolute Gasteiger partial charge is 0.379 e. The Balaban J connectivity index is 1.41. The molecule has 0 aliphatic carbocycles. The van der Waals surface area contributed by atoms with Crippen LogP contribution in [0.3, 0.4) is 0 Å². The maximum atomic E-state index is 12.1. The maximum Gasteiger partial charge on any atom is 0.228 e. The Hall–Kier alpha value is -2.15. The molecule has 6 nitrogen and oxygen atoms in total. The van der Waals surface area contributed by atoms with Gasteiger partial charge in [-0.05, 0) is 29.8 Å². The minimum absolute atomic E-state index is 0.0813. The summed E-state index contributed by atoms with van der Waals surface area (Å²) in [5, 5.41) is 6.82. The molecule has 1 fully saturated rings. The van der Waals surface area contributed by atoms with Crippen LogP contribution in [0.25, 0.3) is 0 Å². The minimum atomic E-state index is -0.0813. The van der Waals surface area contributed by atoms with Crippen molar-refractivity contribution in [3.8, 4) is 0 Å². The number of aromatic nitrogens is 1. The van der Waals surface area contributed by atoms with E-state index >= 15 is 0 Å². The topological polar surface area (TPSA) is 66.5 Å². The van der Waals surface area contributed by atoms with Crippen LogP contribution in [0.5, 0.6) is 0 Å². The van der Waals surface area contributed by atoms with Crippen molar-refractivity contribution in [2.24, 2.45) is 0 Å². The lowest BCUT2D eigenvalue weighted by atomic mass is 10.1. The van der Waals surface area contributed by atoms with E-state index in [9.17, 15) is 4.79 Å². The first-order valence-corrected chi connectivity index (χ1v) is 9.11. The second kappa shape index (κ2) is 9.52. The molecule has 0 atom stereocenters. The van der Waals surface area contributed by atoms with Crippen molar-refractivity contribution in [1.82, 2.24) is 9.88 Å². The number of pyridine rings is 1. The third-order valence-electron chi connectivity index (χ3n) is 4.16. The Kier molecular flexibility index (Phi) is 6.82. The number of anilines is 2. The van der Waals surface area contributed by atoms with Gasteiger partial charge in [0.1, 0.15) is 5.82 Å². The summed E-state index contributed by atoms with van der Waals surface area (Å²) in [7, 11) is 0. The zero-order chi connectivity index (χ0) is 18.2. The van der Waals surface area contributed by atoms with E-state index in [1.807, 2.05) is 24.3 Å². The maximum absolute atomic E-state index is 12.1. The van der Waals surface area contributed by atoms with Gasteiger partial charge in [0.2, 0.25) is 5.91 Å². The Morgan fingerprint density at radius 2 is 1.92 bits per heavy atom. The Morgan fingerprint density at radius 1 is 1.15 bits per heavy atom. The number of amides is 1. The lowest BCUT2D eigenvalue weighted by Crippen LogP contribution is -2.39. The van der Waals surface area contributed by atoms with Crippen LogP contribution in [-0.4, -0.2) is 55.2 Å². The summed E-state index contributed by atoms with van der Waals surface area (Å²) in [4.78, 5) is 18.8. The van der Waals surface area contributed by atoms with Gasteiger partial charge in [-0.15, -0.1) is 0 Å². The lowest BCUT2D eigenvalue weighted by Gasteiger charge is -2.26. The quantitative estimate of drug-likeness (QED) is 0.780. The minimum Gasteiger partial charge on any atom is -0.379 e. The molecular weight excluding hydrogens is 352 g/mol. The molecule has 2 N–H and O–H groups in total. The highest BCUT2D eigenvalue weighted by molar-refractivity contribution is 6.30. The summed E-state index contributed by atoms with van der Waals surface area (Å²) < 4.78 is 5.34. The lowest BCUT2D eigenvalue weighted by molar-refractivity contribution is -0.115. The first kappa shape index (κ1) is 18.6. The highest BCUT2D eigenvalue weighted by Crippen LogP contribution is 2.12. The molecule has 0 spiro atoms. The molecule has 0 saturated carbocycles. The molecule has 138 valence electrons. The summed E-state index contributed by atoms with van der Waals surface area (Å²) in [6.07, 6.45) is 1.97. The molecule has 2 aromatic rings. The third kappa shape index (κ3) is 5.98. The summed E-state index contributed by atoms with van der Waals surface area (Å²) in [5.41, 5.74) is 1.60. The predicted octanol–water partition coefficient (Wildman–Crippen LogP) is 2.66. The van der Waals surface area contributed by atoms with Crippen LogP contribution >= 0.6 is 11.6 Å². The van der Waals surface area contributed by atoms with Crippen LogP contribution < -0.4 is 10.6 Å². The Bertz CT molecular complexity index is 700. The summed E-state index contributed by atoms with van der Waals surface area (Å²) >= 11 is 5.85. The number of nitrogens with zero attached hydrogens (tertiary/aromatic N) is 2. The number of rotatable bonds is 7. The normalized spacial score (nSPS) is 14.8. The molecule has 1 aliphatic heterocycles. The summed E-state index contributed by atoms with van der Waals surface area (Å²) in [5.74, 6) is 0.719. The molecule has 2 heterocycles. The van der Waals surface area contributed by atoms with E-state index in [-0.39, 0.29) is 5.91 Å². The van der Waals surface area contributed by atoms with Crippen LogP contribution in [-0.2, 0) is 16.0 Å². The zero-order valence-electron chi connectivity index (χ0n) is 14.6. The molecular formula is C19H23ClN4O2. The molecule has 1 aromatic heterocycles. The number of carbonyl (C=O) groups is 1. The van der Waals surface area contributed by atoms with Crippen molar-refractivity contribution >= 4 is 29.0 Å². The molecule has 0 bridgehead atoms. The fourth-order valence-electron chi connectivity index (χ4n) is 2.73. The average Bonchev–Trinajstić information content (AvgIpc) is 2.66. The van der Waals surface area contributed by atoms with Crippen molar-refractivity contribution in [2.45, 2.75) is 6.42 Å². The Labute approximate surface area is 158 Å². The first-order valence-electron chi connectivity index (χ1n) is 8.73. The monoisotopic (exact) mass is 374 g/mol. The highest BCUT2D eigenvalue weighted by Gasteiger charge is 2.09. The van der Waals surface area contributed by atoms with E-state index in [0.29, 0.717) is 17.1 Å². The third-order valence-corrected chi connectivity index (χ3v) is 4.42. The van der Waals surface area contributed by atoms with Gasteiger partial charge in [0.25, 0.3) is 0 Å². The Morgan fingerprint density at radius 3 is 2.62 bits per heavy atom. The van der Waals surface area contributed by atoms with Crippen molar-refractivity contribution in [3.05, 3.63) is 53.2 Å². The molecule has 1 aliphatic rings. The molecule has 0 radical (unpaired) electrons. The molecule has 0 unspecified atom stereocenters. The van der Waals surface area contributed by atoms with Gasteiger partial charge in [-0.3, -0.25) is 9.69 Å². The molecule has 1 saturated heterocycles. The number of nitrogens with one attached hydrogen (secondary N) is 2. The smallest absolute Gasteiger partial charge is 0.228 e. The fourth-order valence-corrected chi connectivity index (χ4v) is 2.86. The van der Waals surface area contributed by atoms with Gasteiger partial charge < -0.3 is 15.4 Å². The second-order valence-electron chi connectivity index (χ2n) is 6.16. The van der Waals surface area contributed by atoms with Gasteiger partial charge in [-0.1, -0.05) is 23.7 Å². The van der Waals surface area contributed by atoms with Gasteiger partial charge in [-0.2, -0.15) is 0 Å². The molecule has 1 aromatic carbocycles. The van der Waals surface area contributed by atoms with Crippen molar-refractivity contribution < 1.29 is 9.53 Å². The number of hydrogen-bond donors (Lipinski definition) is 2. The van der Waals surface area contributed by atoms with Crippen LogP contribution in [0.2, 0.25) is 5.02 Å². The average molecular weight is 375 g/mol. The molecule has 1 amide bonds. The highest BCUT2D eigenvalue weighted by atomic mass is 35.5. The van der Waals surface area contributed by atoms with E-state index in [1.54, 1.807) is 18.3 Å². The van der Waals surface area contributed by atoms with Crippen molar-refractivity contribution in [2.75, 3.05) is 50.0 Å². The van der Waals surface area contributed by atoms with Crippen LogP contribution in [0.1, 0.15) is 5.56 Å². The number of ether oxygens (including phenoxy) is 1. The standard InChI is InChI=1S/C19H23ClN4O2/c20-16-3-1-15(2-4-16)13-19(25)23-17-5-6-18(22-14-17)21-7-8-24-9-11-26-12-10-24/h1-6,14H,7-13H2,(H,21,22)(H,23,25). The summed E-state index contributed by atoms with van der Waals surface area (Å²) in [6.45, 7) is 5.37. The van der Waals surface area contributed by atoms with E-state index in [1.165, 1.54) is 0 Å². The molecule has 7 heteroatoms. The predicted molar refractivity (Wildman–Crippen MR) is 104 cm³/mol. The molecule has 26 heavy (non-hydrogen) atoms. The van der Waals surface area contributed by atoms with Gasteiger partial charge in [0.05, 0.1) is 31.5 Å². The van der Waals surface area contributed by atoms with Crippen molar-refractivity contribution in [1.29, 1.82) is 0 Å². The second-order valence-corrected chi connectivity index (χ2v) is 6.60.